The van der Waals surface area contributed by atoms with Gasteiger partial charge >= 0.3 is 0 Å². The van der Waals surface area contributed by atoms with E-state index in [0.717, 1.165) is 11.3 Å². The summed E-state index contributed by atoms with van der Waals surface area (Å²) in [5, 5.41) is 2.76. The van der Waals surface area contributed by atoms with Gasteiger partial charge < -0.3 is 10.2 Å². The monoisotopic (exact) mass is 312 g/mol. The van der Waals surface area contributed by atoms with Gasteiger partial charge in [0.05, 0.1) is 11.2 Å². The van der Waals surface area contributed by atoms with Crippen molar-refractivity contribution < 1.29 is 9.59 Å². The van der Waals surface area contributed by atoms with Crippen LogP contribution in [-0.2, 0) is 16.0 Å². The van der Waals surface area contributed by atoms with Crippen molar-refractivity contribution in [3.63, 3.8) is 0 Å². The number of likely N-dealkylation sites (N-methyl/N-ethyl adjacent to an activating group) is 1. The summed E-state index contributed by atoms with van der Waals surface area (Å²) in [5.74, 6) is -0.0343. The van der Waals surface area contributed by atoms with E-state index in [1.807, 2.05) is 12.1 Å². The molecule has 18 heavy (non-hydrogen) atoms. The first-order valence-electron chi connectivity index (χ1n) is 5.64. The Kier molecular flexibility index (Phi) is 5.34. The van der Waals surface area contributed by atoms with Crippen molar-refractivity contribution in [1.82, 2.24) is 4.90 Å². The van der Waals surface area contributed by atoms with Crippen LogP contribution in [0.2, 0.25) is 0 Å². The lowest BCUT2D eigenvalue weighted by atomic mass is 10.1. The fraction of sp³-hybridized carbons (Fsp3) is 0.385. The number of rotatable bonds is 4. The fourth-order valence-corrected chi connectivity index (χ4v) is 1.39. The van der Waals surface area contributed by atoms with Crippen LogP contribution in [0.5, 0.6) is 0 Å². The molecule has 0 fully saturated rings. The van der Waals surface area contributed by atoms with Gasteiger partial charge in [-0.2, -0.15) is 0 Å². The van der Waals surface area contributed by atoms with Crippen molar-refractivity contribution in [1.29, 1.82) is 0 Å². The molecule has 5 heteroatoms. The Morgan fingerprint density at radius 1 is 1.28 bits per heavy atom. The summed E-state index contributed by atoms with van der Waals surface area (Å²) >= 11 is 3.20. The molecule has 98 valence electrons. The Morgan fingerprint density at radius 3 is 2.28 bits per heavy atom. The molecule has 0 heterocycles. The zero-order valence-electron chi connectivity index (χ0n) is 10.7. The van der Waals surface area contributed by atoms with Crippen LogP contribution in [0.15, 0.2) is 24.3 Å². The number of carbonyl (C=O) groups is 2. The van der Waals surface area contributed by atoms with E-state index >= 15 is 0 Å². The Balaban J connectivity index is 2.63. The predicted octanol–water partition coefficient (Wildman–Crippen LogP) is 2.04. The minimum Gasteiger partial charge on any atom is -0.349 e. The van der Waals surface area contributed by atoms with Crippen LogP contribution >= 0.6 is 15.9 Å². The fourth-order valence-electron chi connectivity index (χ4n) is 1.28. The molecule has 0 bridgehead atoms. The SMILES string of the molecule is CC(Br)C(=O)Nc1ccc(CC(=O)N(C)C)cc1. The summed E-state index contributed by atoms with van der Waals surface area (Å²) in [4.78, 5) is 24.3. The summed E-state index contributed by atoms with van der Waals surface area (Å²) in [7, 11) is 3.46. The molecule has 0 radical (unpaired) electrons. The van der Waals surface area contributed by atoms with Crippen LogP contribution in [-0.4, -0.2) is 35.6 Å². The smallest absolute Gasteiger partial charge is 0.237 e. The third-order valence-corrected chi connectivity index (χ3v) is 2.85. The van der Waals surface area contributed by atoms with E-state index in [2.05, 4.69) is 21.2 Å². The lowest BCUT2D eigenvalue weighted by molar-refractivity contribution is -0.128. The lowest BCUT2D eigenvalue weighted by Gasteiger charge is -2.11. The third kappa shape index (κ3) is 4.49. The third-order valence-electron chi connectivity index (χ3n) is 2.44. The van der Waals surface area contributed by atoms with Gasteiger partial charge in [-0.05, 0) is 24.6 Å². The van der Waals surface area contributed by atoms with Crippen LogP contribution in [0.25, 0.3) is 0 Å². The first-order chi connectivity index (χ1) is 8.40. The highest BCUT2D eigenvalue weighted by Gasteiger charge is 2.09. The largest absolute Gasteiger partial charge is 0.349 e. The summed E-state index contributed by atoms with van der Waals surface area (Å²) in [6.07, 6.45) is 0.371. The van der Waals surface area contributed by atoms with Gasteiger partial charge in [0.1, 0.15) is 0 Å². The van der Waals surface area contributed by atoms with E-state index in [0.29, 0.717) is 6.42 Å². The number of amides is 2. The molecular weight excluding hydrogens is 296 g/mol. The second-order valence-electron chi connectivity index (χ2n) is 4.27. The van der Waals surface area contributed by atoms with Crippen LogP contribution in [0.1, 0.15) is 12.5 Å². The number of nitrogens with one attached hydrogen (secondary N) is 1. The Morgan fingerprint density at radius 2 is 1.83 bits per heavy atom. The highest BCUT2D eigenvalue weighted by molar-refractivity contribution is 9.10. The zero-order chi connectivity index (χ0) is 13.7. The molecule has 1 atom stereocenters. The predicted molar refractivity (Wildman–Crippen MR) is 75.9 cm³/mol. The van der Waals surface area contributed by atoms with Gasteiger partial charge in [-0.25, -0.2) is 0 Å². The van der Waals surface area contributed by atoms with Crippen molar-refractivity contribution in [2.24, 2.45) is 0 Å². The van der Waals surface area contributed by atoms with E-state index < -0.39 is 0 Å². The van der Waals surface area contributed by atoms with Crippen LogP contribution in [0, 0.1) is 0 Å². The minimum atomic E-state index is -0.229. The molecule has 0 aliphatic rings. The number of hydrogen-bond donors (Lipinski definition) is 1. The maximum Gasteiger partial charge on any atom is 0.237 e. The molecule has 2 amide bonds. The van der Waals surface area contributed by atoms with Gasteiger partial charge in [0.25, 0.3) is 0 Å². The standard InChI is InChI=1S/C13H17BrN2O2/c1-9(14)13(18)15-11-6-4-10(5-7-11)8-12(17)16(2)3/h4-7,9H,8H2,1-3H3,(H,15,18). The summed E-state index contributed by atoms with van der Waals surface area (Å²) in [6, 6.07) is 7.28. The molecule has 1 aromatic carbocycles. The lowest BCUT2D eigenvalue weighted by Crippen LogP contribution is -2.23. The van der Waals surface area contributed by atoms with Crippen molar-refractivity contribution in [2.45, 2.75) is 18.2 Å². The number of hydrogen-bond acceptors (Lipinski definition) is 2. The van der Waals surface area contributed by atoms with Gasteiger partial charge in [-0.15, -0.1) is 0 Å². The van der Waals surface area contributed by atoms with E-state index in [1.165, 1.54) is 0 Å². The van der Waals surface area contributed by atoms with Gasteiger partial charge in [0.15, 0.2) is 0 Å². The molecule has 1 aromatic rings. The molecule has 0 aromatic heterocycles. The number of halogens is 1. The number of nitrogens with zero attached hydrogens (tertiary/aromatic N) is 1. The molecule has 4 nitrogen and oxygen atoms in total. The molecule has 0 aliphatic heterocycles. The normalized spacial score (nSPS) is 11.8. The number of alkyl halides is 1. The Labute approximate surface area is 115 Å². The first kappa shape index (κ1) is 14.7. The van der Waals surface area contributed by atoms with Crippen molar-refractivity contribution in [3.8, 4) is 0 Å². The van der Waals surface area contributed by atoms with Crippen molar-refractivity contribution in [2.75, 3.05) is 19.4 Å². The van der Waals surface area contributed by atoms with E-state index in [9.17, 15) is 9.59 Å². The second kappa shape index (κ2) is 6.54. The van der Waals surface area contributed by atoms with Crippen LogP contribution in [0.3, 0.4) is 0 Å². The second-order valence-corrected chi connectivity index (χ2v) is 5.64. The van der Waals surface area contributed by atoms with Crippen molar-refractivity contribution >= 4 is 33.4 Å². The Bertz CT molecular complexity index is 386. The molecule has 1 rings (SSSR count). The first-order valence-corrected chi connectivity index (χ1v) is 6.55. The van der Waals surface area contributed by atoms with Gasteiger partial charge in [-0.3, -0.25) is 9.59 Å². The van der Waals surface area contributed by atoms with E-state index in [4.69, 9.17) is 0 Å². The summed E-state index contributed by atoms with van der Waals surface area (Å²) < 4.78 is 0. The summed E-state index contributed by atoms with van der Waals surface area (Å²) in [6.45, 7) is 1.76. The average Bonchev–Trinajstić information content (AvgIpc) is 2.31. The van der Waals surface area contributed by atoms with Gasteiger partial charge in [0, 0.05) is 19.8 Å². The minimum absolute atomic E-state index is 0.0564. The molecule has 0 spiro atoms. The zero-order valence-corrected chi connectivity index (χ0v) is 12.3. The highest BCUT2D eigenvalue weighted by Crippen LogP contribution is 2.12. The van der Waals surface area contributed by atoms with E-state index in [-0.39, 0.29) is 16.6 Å². The topological polar surface area (TPSA) is 49.4 Å². The highest BCUT2D eigenvalue weighted by atomic mass is 79.9. The maximum absolute atomic E-state index is 11.5. The maximum atomic E-state index is 11.5. The number of carbonyl (C=O) groups excluding carboxylic acids is 2. The van der Waals surface area contributed by atoms with Crippen LogP contribution in [0.4, 0.5) is 5.69 Å². The quantitative estimate of drug-likeness (QED) is 0.865. The van der Waals surface area contributed by atoms with E-state index in [1.54, 1.807) is 38.1 Å². The molecule has 1 unspecified atom stereocenters. The summed E-state index contributed by atoms with van der Waals surface area (Å²) in [5.41, 5.74) is 1.66. The van der Waals surface area contributed by atoms with Crippen LogP contribution < -0.4 is 5.32 Å². The molecule has 0 saturated carbocycles. The molecule has 1 N–H and O–H groups in total. The number of anilines is 1. The van der Waals surface area contributed by atoms with Crippen molar-refractivity contribution in [3.05, 3.63) is 29.8 Å². The molecule has 0 aliphatic carbocycles. The Hall–Kier alpha value is -1.36. The van der Waals surface area contributed by atoms with Gasteiger partial charge in [-0.1, -0.05) is 28.1 Å². The molecular formula is C13H17BrN2O2. The van der Waals surface area contributed by atoms with Gasteiger partial charge in [0.2, 0.25) is 11.8 Å². The molecule has 0 saturated heterocycles. The average molecular weight is 313 g/mol. The number of benzene rings is 1.